The SMILES string of the molecule is COc1cccc(NC(=O)c2nc(C(=O)N3CCCCC3)n3ccccc23)c1. The van der Waals surface area contributed by atoms with E-state index in [0.29, 0.717) is 17.0 Å². The van der Waals surface area contributed by atoms with E-state index < -0.39 is 0 Å². The van der Waals surface area contributed by atoms with Crippen LogP contribution in [0.2, 0.25) is 0 Å². The van der Waals surface area contributed by atoms with E-state index in [9.17, 15) is 9.59 Å². The van der Waals surface area contributed by atoms with Gasteiger partial charge in [0.2, 0.25) is 5.82 Å². The van der Waals surface area contributed by atoms with Crippen LogP contribution in [0.5, 0.6) is 5.75 Å². The van der Waals surface area contributed by atoms with Crippen molar-refractivity contribution in [1.82, 2.24) is 14.3 Å². The highest BCUT2D eigenvalue weighted by molar-refractivity contribution is 6.09. The van der Waals surface area contributed by atoms with Gasteiger partial charge < -0.3 is 15.0 Å². The molecule has 7 heteroatoms. The Labute approximate surface area is 162 Å². The van der Waals surface area contributed by atoms with Gasteiger partial charge in [-0.3, -0.25) is 14.0 Å². The summed E-state index contributed by atoms with van der Waals surface area (Å²) < 4.78 is 6.89. The highest BCUT2D eigenvalue weighted by Gasteiger charge is 2.26. The number of fused-ring (bicyclic) bond motifs is 1. The number of benzene rings is 1. The number of imidazole rings is 1. The maximum absolute atomic E-state index is 13.0. The molecule has 1 saturated heterocycles. The largest absolute Gasteiger partial charge is 0.497 e. The number of aromatic nitrogens is 2. The highest BCUT2D eigenvalue weighted by Crippen LogP contribution is 2.21. The molecule has 4 rings (SSSR count). The molecule has 0 atom stereocenters. The smallest absolute Gasteiger partial charge is 0.290 e. The van der Waals surface area contributed by atoms with Crippen LogP contribution in [0.15, 0.2) is 48.7 Å². The van der Waals surface area contributed by atoms with Crippen LogP contribution < -0.4 is 10.1 Å². The molecule has 1 fully saturated rings. The highest BCUT2D eigenvalue weighted by atomic mass is 16.5. The Kier molecular flexibility index (Phi) is 4.97. The number of hydrogen-bond acceptors (Lipinski definition) is 4. The lowest BCUT2D eigenvalue weighted by molar-refractivity contribution is 0.0711. The first kappa shape index (κ1) is 18.0. The second kappa shape index (κ2) is 7.72. The molecule has 0 unspecified atom stereocenters. The lowest BCUT2D eigenvalue weighted by Crippen LogP contribution is -2.36. The number of methoxy groups -OCH3 is 1. The van der Waals surface area contributed by atoms with Crippen LogP contribution in [-0.2, 0) is 0 Å². The van der Waals surface area contributed by atoms with Gasteiger partial charge in [0, 0.05) is 31.0 Å². The molecule has 0 aliphatic carbocycles. The molecule has 1 aliphatic rings. The molecule has 7 nitrogen and oxygen atoms in total. The van der Waals surface area contributed by atoms with Crippen molar-refractivity contribution in [3.05, 3.63) is 60.2 Å². The van der Waals surface area contributed by atoms with Crippen molar-refractivity contribution >= 4 is 23.0 Å². The van der Waals surface area contributed by atoms with Gasteiger partial charge in [-0.25, -0.2) is 4.98 Å². The summed E-state index contributed by atoms with van der Waals surface area (Å²) in [7, 11) is 1.57. The van der Waals surface area contributed by atoms with Crippen LogP contribution in [0.3, 0.4) is 0 Å². The van der Waals surface area contributed by atoms with E-state index >= 15 is 0 Å². The Bertz CT molecular complexity index is 1020. The molecule has 0 spiro atoms. The Balaban J connectivity index is 1.67. The van der Waals surface area contributed by atoms with E-state index in [0.717, 1.165) is 32.4 Å². The number of rotatable bonds is 4. The summed E-state index contributed by atoms with van der Waals surface area (Å²) in [5.74, 6) is 0.415. The van der Waals surface area contributed by atoms with E-state index in [1.807, 2.05) is 17.0 Å². The van der Waals surface area contributed by atoms with Gasteiger partial charge >= 0.3 is 0 Å². The number of piperidine rings is 1. The van der Waals surface area contributed by atoms with Gasteiger partial charge in [0.15, 0.2) is 5.69 Å². The summed E-state index contributed by atoms with van der Waals surface area (Å²) >= 11 is 0. The lowest BCUT2D eigenvalue weighted by Gasteiger charge is -2.25. The molecule has 2 amide bonds. The fourth-order valence-electron chi connectivity index (χ4n) is 3.49. The molecule has 2 aromatic heterocycles. The quantitative estimate of drug-likeness (QED) is 0.756. The normalized spacial score (nSPS) is 14.1. The van der Waals surface area contributed by atoms with E-state index in [-0.39, 0.29) is 23.3 Å². The minimum atomic E-state index is -0.366. The lowest BCUT2D eigenvalue weighted by atomic mass is 10.1. The van der Waals surface area contributed by atoms with E-state index in [4.69, 9.17) is 4.74 Å². The number of carbonyl (C=O) groups is 2. The van der Waals surface area contributed by atoms with Gasteiger partial charge in [-0.05, 0) is 43.5 Å². The number of pyridine rings is 1. The van der Waals surface area contributed by atoms with Crippen LogP contribution in [0, 0.1) is 0 Å². The average Bonchev–Trinajstić information content (AvgIpc) is 3.14. The fourth-order valence-corrected chi connectivity index (χ4v) is 3.49. The molecule has 28 heavy (non-hydrogen) atoms. The van der Waals surface area contributed by atoms with Crippen LogP contribution in [0.25, 0.3) is 5.52 Å². The summed E-state index contributed by atoms with van der Waals surface area (Å²) in [6.45, 7) is 1.46. The maximum Gasteiger partial charge on any atom is 0.290 e. The van der Waals surface area contributed by atoms with Gasteiger partial charge in [-0.15, -0.1) is 0 Å². The zero-order valence-corrected chi connectivity index (χ0v) is 15.7. The molecule has 0 saturated carbocycles. The van der Waals surface area contributed by atoms with Gasteiger partial charge in [0.05, 0.1) is 12.6 Å². The zero-order chi connectivity index (χ0) is 19.5. The standard InChI is InChI=1S/C21H22N4O3/c1-28-16-9-7-8-15(14-16)22-20(26)18-17-10-3-6-13-25(17)19(23-18)21(27)24-11-4-2-5-12-24/h3,6-10,13-14H,2,4-5,11-12H2,1H3,(H,22,26). The van der Waals surface area contributed by atoms with Crippen molar-refractivity contribution in [1.29, 1.82) is 0 Å². The first-order valence-electron chi connectivity index (χ1n) is 9.39. The van der Waals surface area contributed by atoms with Gasteiger partial charge in [-0.2, -0.15) is 0 Å². The van der Waals surface area contributed by atoms with Crippen molar-refractivity contribution in [2.45, 2.75) is 19.3 Å². The first-order chi connectivity index (χ1) is 13.7. The molecule has 3 aromatic rings. The Hall–Kier alpha value is -3.35. The van der Waals surface area contributed by atoms with Crippen molar-refractivity contribution in [3.8, 4) is 5.75 Å². The number of amides is 2. The number of likely N-dealkylation sites (tertiary alicyclic amines) is 1. The van der Waals surface area contributed by atoms with E-state index in [2.05, 4.69) is 10.3 Å². The Morgan fingerprint density at radius 3 is 2.68 bits per heavy atom. The molecule has 1 N–H and O–H groups in total. The van der Waals surface area contributed by atoms with Crippen LogP contribution >= 0.6 is 0 Å². The van der Waals surface area contributed by atoms with Gasteiger partial charge in [0.1, 0.15) is 5.75 Å². The summed E-state index contributed by atoms with van der Waals surface area (Å²) in [6, 6.07) is 12.6. The van der Waals surface area contributed by atoms with E-state index in [1.165, 1.54) is 0 Å². The number of hydrogen-bond donors (Lipinski definition) is 1. The molecule has 3 heterocycles. The molecule has 1 aliphatic heterocycles. The predicted molar refractivity (Wildman–Crippen MR) is 106 cm³/mol. The molecular formula is C21H22N4O3. The summed E-state index contributed by atoms with van der Waals surface area (Å²) in [4.78, 5) is 32.1. The number of carbonyl (C=O) groups excluding carboxylic acids is 2. The third kappa shape index (κ3) is 3.43. The first-order valence-corrected chi connectivity index (χ1v) is 9.39. The summed E-state index contributed by atoms with van der Waals surface area (Å²) in [5, 5.41) is 2.84. The third-order valence-electron chi connectivity index (χ3n) is 4.93. The zero-order valence-electron chi connectivity index (χ0n) is 15.7. The van der Waals surface area contributed by atoms with Gasteiger partial charge in [0.25, 0.3) is 11.8 Å². The molecule has 0 radical (unpaired) electrons. The van der Waals surface area contributed by atoms with Crippen LogP contribution in [-0.4, -0.2) is 46.3 Å². The number of anilines is 1. The summed E-state index contributed by atoms with van der Waals surface area (Å²) in [6.07, 6.45) is 4.90. The Morgan fingerprint density at radius 2 is 1.89 bits per heavy atom. The number of ether oxygens (including phenoxy) is 1. The van der Waals surface area contributed by atoms with Crippen LogP contribution in [0.1, 0.15) is 40.4 Å². The van der Waals surface area contributed by atoms with Gasteiger partial charge in [-0.1, -0.05) is 12.1 Å². The molecular weight excluding hydrogens is 356 g/mol. The predicted octanol–water partition coefficient (Wildman–Crippen LogP) is 3.22. The molecule has 0 bridgehead atoms. The maximum atomic E-state index is 13.0. The Morgan fingerprint density at radius 1 is 1.07 bits per heavy atom. The third-order valence-corrected chi connectivity index (χ3v) is 4.93. The minimum Gasteiger partial charge on any atom is -0.497 e. The van der Waals surface area contributed by atoms with Crippen molar-refractivity contribution in [2.24, 2.45) is 0 Å². The van der Waals surface area contributed by atoms with Crippen molar-refractivity contribution < 1.29 is 14.3 Å². The topological polar surface area (TPSA) is 75.9 Å². The second-order valence-corrected chi connectivity index (χ2v) is 6.78. The van der Waals surface area contributed by atoms with Crippen molar-refractivity contribution in [2.75, 3.05) is 25.5 Å². The summed E-state index contributed by atoms with van der Waals surface area (Å²) in [5.41, 5.74) is 1.43. The number of nitrogens with zero attached hydrogens (tertiary/aromatic N) is 3. The van der Waals surface area contributed by atoms with Crippen LogP contribution in [0.4, 0.5) is 5.69 Å². The number of nitrogens with one attached hydrogen (secondary N) is 1. The second-order valence-electron chi connectivity index (χ2n) is 6.78. The van der Waals surface area contributed by atoms with Crippen molar-refractivity contribution in [3.63, 3.8) is 0 Å². The monoisotopic (exact) mass is 378 g/mol. The molecule has 1 aromatic carbocycles. The average molecular weight is 378 g/mol. The molecule has 144 valence electrons. The fraction of sp³-hybridized carbons (Fsp3) is 0.286. The van der Waals surface area contributed by atoms with E-state index in [1.54, 1.807) is 48.0 Å². The minimum absolute atomic E-state index is 0.138.